The molecule has 1 atom stereocenters. The minimum absolute atomic E-state index is 0.0759. The SMILES string of the molecule is CS(=O)(=O)c1ccc(C(=O)N2CCCC2CN)cc1. The predicted molar refractivity (Wildman–Crippen MR) is 72.7 cm³/mol. The number of carbonyl (C=O) groups excluding carboxylic acids is 1. The highest BCUT2D eigenvalue weighted by atomic mass is 32.2. The molecule has 1 aromatic carbocycles. The van der Waals surface area contributed by atoms with Gasteiger partial charge in [0, 0.05) is 31.0 Å². The molecule has 1 heterocycles. The highest BCUT2D eigenvalue weighted by Crippen LogP contribution is 2.20. The second kappa shape index (κ2) is 5.30. The summed E-state index contributed by atoms with van der Waals surface area (Å²) < 4.78 is 22.7. The summed E-state index contributed by atoms with van der Waals surface area (Å²) >= 11 is 0. The number of likely N-dealkylation sites (tertiary alicyclic amines) is 1. The molecule has 1 aliphatic heterocycles. The summed E-state index contributed by atoms with van der Waals surface area (Å²) in [5.41, 5.74) is 6.16. The Bertz CT molecular complexity index is 566. The Labute approximate surface area is 113 Å². The van der Waals surface area contributed by atoms with Crippen LogP contribution in [0.5, 0.6) is 0 Å². The maximum Gasteiger partial charge on any atom is 0.254 e. The number of amides is 1. The maximum atomic E-state index is 12.3. The molecule has 1 aromatic rings. The number of rotatable bonds is 3. The van der Waals surface area contributed by atoms with Gasteiger partial charge in [0.2, 0.25) is 0 Å². The van der Waals surface area contributed by atoms with E-state index < -0.39 is 9.84 Å². The molecule has 2 N–H and O–H groups in total. The van der Waals surface area contributed by atoms with Crippen LogP contribution in [0.2, 0.25) is 0 Å². The zero-order chi connectivity index (χ0) is 14.0. The fourth-order valence-corrected chi connectivity index (χ4v) is 2.99. The topological polar surface area (TPSA) is 80.5 Å². The van der Waals surface area contributed by atoms with Crippen LogP contribution in [0.4, 0.5) is 0 Å². The molecule has 0 bridgehead atoms. The van der Waals surface area contributed by atoms with E-state index in [0.717, 1.165) is 19.1 Å². The van der Waals surface area contributed by atoms with Crippen molar-refractivity contribution in [2.24, 2.45) is 5.73 Å². The molecule has 104 valence electrons. The Kier molecular flexibility index (Phi) is 3.91. The lowest BCUT2D eigenvalue weighted by molar-refractivity contribution is 0.0741. The molecule has 1 saturated heterocycles. The fourth-order valence-electron chi connectivity index (χ4n) is 2.36. The van der Waals surface area contributed by atoms with Crippen LogP contribution in [0.3, 0.4) is 0 Å². The summed E-state index contributed by atoms with van der Waals surface area (Å²) in [6, 6.07) is 6.16. The lowest BCUT2D eigenvalue weighted by Gasteiger charge is -2.23. The van der Waals surface area contributed by atoms with E-state index in [1.807, 2.05) is 0 Å². The van der Waals surface area contributed by atoms with Gasteiger partial charge in [0.05, 0.1) is 4.90 Å². The van der Waals surface area contributed by atoms with Crippen LogP contribution in [0.15, 0.2) is 29.2 Å². The minimum atomic E-state index is -3.22. The Morgan fingerprint density at radius 2 is 2.00 bits per heavy atom. The van der Waals surface area contributed by atoms with Gasteiger partial charge >= 0.3 is 0 Å². The number of hydrogen-bond acceptors (Lipinski definition) is 4. The van der Waals surface area contributed by atoms with Crippen LogP contribution < -0.4 is 5.73 Å². The first-order valence-electron chi connectivity index (χ1n) is 6.24. The first kappa shape index (κ1) is 14.0. The largest absolute Gasteiger partial charge is 0.334 e. The molecule has 1 aliphatic rings. The zero-order valence-electron chi connectivity index (χ0n) is 10.9. The Morgan fingerprint density at radius 3 is 2.53 bits per heavy atom. The van der Waals surface area contributed by atoms with E-state index in [4.69, 9.17) is 5.73 Å². The van der Waals surface area contributed by atoms with E-state index in [0.29, 0.717) is 18.7 Å². The van der Waals surface area contributed by atoms with Crippen molar-refractivity contribution < 1.29 is 13.2 Å². The normalized spacial score (nSPS) is 19.7. The standard InChI is InChI=1S/C13H18N2O3S/c1-19(17,18)12-6-4-10(5-7-12)13(16)15-8-2-3-11(15)9-14/h4-7,11H,2-3,8-9,14H2,1H3. The molecular weight excluding hydrogens is 264 g/mol. The van der Waals surface area contributed by atoms with Gasteiger partial charge in [-0.15, -0.1) is 0 Å². The third-order valence-electron chi connectivity index (χ3n) is 3.44. The van der Waals surface area contributed by atoms with Crippen LogP contribution in [0, 0.1) is 0 Å². The van der Waals surface area contributed by atoms with Crippen LogP contribution in [0.25, 0.3) is 0 Å². The molecule has 6 heteroatoms. The van der Waals surface area contributed by atoms with Crippen molar-refractivity contribution >= 4 is 15.7 Å². The molecule has 0 radical (unpaired) electrons. The predicted octanol–water partition coefficient (Wildman–Crippen LogP) is 0.653. The van der Waals surface area contributed by atoms with Crippen molar-refractivity contribution in [1.29, 1.82) is 0 Å². The molecule has 0 aromatic heterocycles. The third kappa shape index (κ3) is 2.96. The van der Waals surface area contributed by atoms with Gasteiger partial charge < -0.3 is 10.6 Å². The number of nitrogens with two attached hydrogens (primary N) is 1. The van der Waals surface area contributed by atoms with Crippen LogP contribution in [-0.4, -0.2) is 44.6 Å². The van der Waals surface area contributed by atoms with E-state index in [1.165, 1.54) is 12.1 Å². The molecule has 1 unspecified atom stereocenters. The quantitative estimate of drug-likeness (QED) is 0.883. The van der Waals surface area contributed by atoms with Gasteiger partial charge in [-0.3, -0.25) is 4.79 Å². The molecule has 19 heavy (non-hydrogen) atoms. The van der Waals surface area contributed by atoms with Gasteiger partial charge in [-0.2, -0.15) is 0 Å². The molecule has 0 aliphatic carbocycles. The van der Waals surface area contributed by atoms with Crippen molar-refractivity contribution in [2.75, 3.05) is 19.3 Å². The Hall–Kier alpha value is -1.40. The highest BCUT2D eigenvalue weighted by molar-refractivity contribution is 7.90. The van der Waals surface area contributed by atoms with Crippen LogP contribution >= 0.6 is 0 Å². The van der Waals surface area contributed by atoms with Crippen molar-refractivity contribution in [3.05, 3.63) is 29.8 Å². The number of nitrogens with zero attached hydrogens (tertiary/aromatic N) is 1. The lowest BCUT2D eigenvalue weighted by Crippen LogP contribution is -2.39. The highest BCUT2D eigenvalue weighted by Gasteiger charge is 2.28. The van der Waals surface area contributed by atoms with E-state index in [-0.39, 0.29) is 16.8 Å². The molecule has 5 nitrogen and oxygen atoms in total. The summed E-state index contributed by atoms with van der Waals surface area (Å²) in [7, 11) is -3.22. The first-order valence-corrected chi connectivity index (χ1v) is 8.14. The maximum absolute atomic E-state index is 12.3. The summed E-state index contributed by atoms with van der Waals surface area (Å²) in [6.07, 6.45) is 3.05. The van der Waals surface area contributed by atoms with E-state index in [9.17, 15) is 13.2 Å². The first-order chi connectivity index (χ1) is 8.93. The van der Waals surface area contributed by atoms with E-state index >= 15 is 0 Å². The summed E-state index contributed by atoms with van der Waals surface area (Å²) in [6.45, 7) is 1.18. The minimum Gasteiger partial charge on any atom is -0.334 e. The summed E-state index contributed by atoms with van der Waals surface area (Å²) in [5.74, 6) is -0.0759. The van der Waals surface area contributed by atoms with Gasteiger partial charge in [0.25, 0.3) is 5.91 Å². The van der Waals surface area contributed by atoms with E-state index in [1.54, 1.807) is 17.0 Å². The smallest absolute Gasteiger partial charge is 0.254 e. The molecule has 1 amide bonds. The van der Waals surface area contributed by atoms with Crippen LogP contribution in [-0.2, 0) is 9.84 Å². The fraction of sp³-hybridized carbons (Fsp3) is 0.462. The van der Waals surface area contributed by atoms with Gasteiger partial charge in [-0.1, -0.05) is 0 Å². The van der Waals surface area contributed by atoms with E-state index in [2.05, 4.69) is 0 Å². The van der Waals surface area contributed by atoms with Crippen molar-refractivity contribution in [3.63, 3.8) is 0 Å². The molecule has 2 rings (SSSR count). The van der Waals surface area contributed by atoms with Gasteiger partial charge in [0.1, 0.15) is 0 Å². The molecule has 1 fully saturated rings. The number of hydrogen-bond donors (Lipinski definition) is 1. The second-order valence-electron chi connectivity index (χ2n) is 4.83. The Balaban J connectivity index is 2.21. The third-order valence-corrected chi connectivity index (χ3v) is 4.57. The number of sulfone groups is 1. The average molecular weight is 282 g/mol. The van der Waals surface area contributed by atoms with Gasteiger partial charge in [-0.05, 0) is 37.1 Å². The zero-order valence-corrected chi connectivity index (χ0v) is 11.7. The second-order valence-corrected chi connectivity index (χ2v) is 6.84. The Morgan fingerprint density at radius 1 is 1.37 bits per heavy atom. The lowest BCUT2D eigenvalue weighted by atomic mass is 10.1. The van der Waals surface area contributed by atoms with Crippen molar-refractivity contribution in [1.82, 2.24) is 4.90 Å². The van der Waals surface area contributed by atoms with Crippen LogP contribution in [0.1, 0.15) is 23.2 Å². The summed E-state index contributed by atoms with van der Waals surface area (Å²) in [5, 5.41) is 0. The molecule has 0 saturated carbocycles. The van der Waals surface area contributed by atoms with Crippen molar-refractivity contribution in [2.45, 2.75) is 23.8 Å². The van der Waals surface area contributed by atoms with Gasteiger partial charge in [-0.25, -0.2) is 8.42 Å². The average Bonchev–Trinajstić information content (AvgIpc) is 2.85. The molecule has 0 spiro atoms. The monoisotopic (exact) mass is 282 g/mol. The number of benzene rings is 1. The van der Waals surface area contributed by atoms with Gasteiger partial charge in [0.15, 0.2) is 9.84 Å². The number of carbonyl (C=O) groups is 1. The molecular formula is C13H18N2O3S. The van der Waals surface area contributed by atoms with Crippen molar-refractivity contribution in [3.8, 4) is 0 Å². The summed E-state index contributed by atoms with van der Waals surface area (Å²) in [4.78, 5) is 14.3.